The first kappa shape index (κ1) is 20.7. The summed E-state index contributed by atoms with van der Waals surface area (Å²) in [6.07, 6.45) is 0.450. The molecule has 0 saturated carbocycles. The molecule has 164 valence electrons. The molecule has 0 aliphatic carbocycles. The molecule has 1 amide bonds. The van der Waals surface area contributed by atoms with Gasteiger partial charge in [0.2, 0.25) is 11.9 Å². The SMILES string of the molecule is Cc1ccc(NC(=O)C2CC(c3ccc(C)cc3)=Nn3c(N)nc(-c4ccccc4)c32)cc1. The number of nitrogens with two attached hydrogens (primary N) is 1. The number of nitrogen functional groups attached to an aromatic ring is 1. The summed E-state index contributed by atoms with van der Waals surface area (Å²) in [4.78, 5) is 18.2. The lowest BCUT2D eigenvalue weighted by Gasteiger charge is -2.24. The van der Waals surface area contributed by atoms with Crippen molar-refractivity contribution in [3.05, 3.63) is 101 Å². The zero-order valence-corrected chi connectivity index (χ0v) is 18.6. The maximum Gasteiger partial charge on any atom is 0.234 e. The summed E-state index contributed by atoms with van der Waals surface area (Å²) >= 11 is 0. The number of nitrogens with zero attached hydrogens (tertiary/aromatic N) is 3. The first-order valence-corrected chi connectivity index (χ1v) is 11.0. The average Bonchev–Trinajstić information content (AvgIpc) is 3.17. The highest BCUT2D eigenvalue weighted by Crippen LogP contribution is 2.37. The molecule has 2 heterocycles. The van der Waals surface area contributed by atoms with Crippen LogP contribution in [0.1, 0.15) is 34.7 Å². The molecule has 3 N–H and O–H groups in total. The van der Waals surface area contributed by atoms with E-state index in [2.05, 4.69) is 10.3 Å². The van der Waals surface area contributed by atoms with E-state index in [0.717, 1.165) is 33.7 Å². The van der Waals surface area contributed by atoms with Gasteiger partial charge in [-0.1, -0.05) is 77.9 Å². The molecule has 1 aromatic heterocycles. The number of benzene rings is 3. The number of rotatable bonds is 4. The minimum Gasteiger partial charge on any atom is -0.368 e. The van der Waals surface area contributed by atoms with Crippen LogP contribution in [0.4, 0.5) is 11.6 Å². The lowest BCUT2D eigenvalue weighted by atomic mass is 9.90. The summed E-state index contributed by atoms with van der Waals surface area (Å²) in [5.74, 6) is -0.349. The Bertz CT molecular complexity index is 1340. The standard InChI is InChI=1S/C27H25N5O/c1-17-8-12-19(13-9-17)23-16-22(26(33)29-21-14-10-18(2)11-15-21)25-24(20-6-4-3-5-7-20)30-27(28)32(25)31-23/h3-15,22H,16H2,1-2H3,(H2,28,30)(H,29,33). The summed E-state index contributed by atoms with van der Waals surface area (Å²) in [7, 11) is 0. The predicted molar refractivity (Wildman–Crippen MR) is 132 cm³/mol. The van der Waals surface area contributed by atoms with Crippen LogP contribution in [0.2, 0.25) is 0 Å². The molecule has 0 bridgehead atoms. The van der Waals surface area contributed by atoms with E-state index in [4.69, 9.17) is 10.8 Å². The molecular weight excluding hydrogens is 410 g/mol. The monoisotopic (exact) mass is 435 g/mol. The Labute approximate surface area is 192 Å². The van der Waals surface area contributed by atoms with Crippen molar-refractivity contribution in [2.24, 2.45) is 5.10 Å². The van der Waals surface area contributed by atoms with Gasteiger partial charge < -0.3 is 11.1 Å². The van der Waals surface area contributed by atoms with Crippen molar-refractivity contribution in [3.63, 3.8) is 0 Å². The van der Waals surface area contributed by atoms with Gasteiger partial charge in [-0.2, -0.15) is 5.10 Å². The van der Waals surface area contributed by atoms with E-state index in [1.54, 1.807) is 4.68 Å². The lowest BCUT2D eigenvalue weighted by Crippen LogP contribution is -2.29. The van der Waals surface area contributed by atoms with Crippen molar-refractivity contribution in [3.8, 4) is 11.3 Å². The van der Waals surface area contributed by atoms with Gasteiger partial charge in [0.25, 0.3) is 0 Å². The fourth-order valence-electron chi connectivity index (χ4n) is 4.13. The summed E-state index contributed by atoms with van der Waals surface area (Å²) in [5.41, 5.74) is 13.4. The van der Waals surface area contributed by atoms with Crippen molar-refractivity contribution < 1.29 is 4.79 Å². The smallest absolute Gasteiger partial charge is 0.234 e. The maximum absolute atomic E-state index is 13.6. The van der Waals surface area contributed by atoms with E-state index in [1.807, 2.05) is 92.7 Å². The largest absolute Gasteiger partial charge is 0.368 e. The van der Waals surface area contributed by atoms with Crippen LogP contribution in [-0.4, -0.2) is 21.3 Å². The Morgan fingerprint density at radius 1 is 0.909 bits per heavy atom. The van der Waals surface area contributed by atoms with Gasteiger partial charge in [-0.25, -0.2) is 9.66 Å². The summed E-state index contributed by atoms with van der Waals surface area (Å²) < 4.78 is 1.63. The number of aryl methyl sites for hydroxylation is 2. The maximum atomic E-state index is 13.6. The van der Waals surface area contributed by atoms with Crippen LogP contribution in [0, 0.1) is 13.8 Å². The third-order valence-electron chi connectivity index (χ3n) is 5.93. The molecule has 1 aliphatic rings. The third-order valence-corrected chi connectivity index (χ3v) is 5.93. The van der Waals surface area contributed by atoms with Crippen LogP contribution in [-0.2, 0) is 4.79 Å². The highest BCUT2D eigenvalue weighted by atomic mass is 16.1. The van der Waals surface area contributed by atoms with Gasteiger partial charge in [-0.15, -0.1) is 0 Å². The Morgan fingerprint density at radius 3 is 2.21 bits per heavy atom. The number of carbonyl (C=O) groups excluding carboxylic acids is 1. The second kappa shape index (κ2) is 8.39. The molecule has 4 aromatic rings. The zero-order chi connectivity index (χ0) is 22.9. The lowest BCUT2D eigenvalue weighted by molar-refractivity contribution is -0.117. The van der Waals surface area contributed by atoms with Gasteiger partial charge in [0.1, 0.15) is 0 Å². The predicted octanol–water partition coefficient (Wildman–Crippen LogP) is 5.13. The molecule has 5 rings (SSSR count). The van der Waals surface area contributed by atoms with Crippen molar-refractivity contribution in [1.29, 1.82) is 0 Å². The Hall–Kier alpha value is -4.19. The highest BCUT2D eigenvalue weighted by Gasteiger charge is 2.35. The number of anilines is 2. The van der Waals surface area contributed by atoms with Gasteiger partial charge in [-0.3, -0.25) is 4.79 Å². The van der Waals surface area contributed by atoms with Crippen LogP contribution < -0.4 is 11.1 Å². The molecule has 0 fully saturated rings. The molecule has 0 spiro atoms. The van der Waals surface area contributed by atoms with Gasteiger partial charge in [-0.05, 0) is 31.5 Å². The molecule has 3 aromatic carbocycles. The number of hydrogen-bond acceptors (Lipinski definition) is 4. The number of carbonyl (C=O) groups is 1. The van der Waals surface area contributed by atoms with Crippen LogP contribution in [0.5, 0.6) is 0 Å². The number of nitrogens with one attached hydrogen (secondary N) is 1. The molecule has 1 atom stereocenters. The van der Waals surface area contributed by atoms with Crippen LogP contribution >= 0.6 is 0 Å². The van der Waals surface area contributed by atoms with E-state index >= 15 is 0 Å². The number of aromatic nitrogens is 2. The minimum atomic E-state index is -0.500. The van der Waals surface area contributed by atoms with E-state index < -0.39 is 5.92 Å². The van der Waals surface area contributed by atoms with Crippen LogP contribution in [0.3, 0.4) is 0 Å². The number of fused-ring (bicyclic) bond motifs is 1. The molecule has 33 heavy (non-hydrogen) atoms. The van der Waals surface area contributed by atoms with E-state index in [1.165, 1.54) is 0 Å². The Balaban J connectivity index is 1.61. The van der Waals surface area contributed by atoms with E-state index in [0.29, 0.717) is 17.8 Å². The van der Waals surface area contributed by atoms with Gasteiger partial charge in [0.05, 0.1) is 23.0 Å². The molecule has 1 aliphatic heterocycles. The Kier molecular flexibility index (Phi) is 5.26. The highest BCUT2D eigenvalue weighted by molar-refractivity contribution is 6.07. The number of hydrogen-bond donors (Lipinski definition) is 2. The van der Waals surface area contributed by atoms with Gasteiger partial charge in [0, 0.05) is 17.7 Å². The molecule has 6 nitrogen and oxygen atoms in total. The second-order valence-corrected chi connectivity index (χ2v) is 8.41. The quantitative estimate of drug-likeness (QED) is 0.466. The van der Waals surface area contributed by atoms with Crippen molar-refractivity contribution in [2.75, 3.05) is 11.1 Å². The average molecular weight is 436 g/mol. The van der Waals surface area contributed by atoms with E-state index in [-0.39, 0.29) is 11.9 Å². The zero-order valence-electron chi connectivity index (χ0n) is 18.6. The fraction of sp³-hybridized carbons (Fsp3) is 0.148. The molecule has 0 saturated heterocycles. The van der Waals surface area contributed by atoms with Crippen molar-refractivity contribution >= 4 is 23.3 Å². The summed E-state index contributed by atoms with van der Waals surface area (Å²) in [6.45, 7) is 4.06. The Morgan fingerprint density at radius 2 is 1.55 bits per heavy atom. The molecular formula is C27H25N5O. The van der Waals surface area contributed by atoms with Crippen molar-refractivity contribution in [1.82, 2.24) is 9.66 Å². The first-order chi connectivity index (χ1) is 16.0. The summed E-state index contributed by atoms with van der Waals surface area (Å²) in [5, 5.41) is 7.88. The van der Waals surface area contributed by atoms with Crippen LogP contribution in [0.15, 0.2) is 84.0 Å². The topological polar surface area (TPSA) is 85.3 Å². The summed E-state index contributed by atoms with van der Waals surface area (Å²) in [6, 6.07) is 25.7. The third kappa shape index (κ3) is 4.03. The van der Waals surface area contributed by atoms with Gasteiger partial charge >= 0.3 is 0 Å². The fourth-order valence-corrected chi connectivity index (χ4v) is 4.13. The number of imidazole rings is 1. The van der Waals surface area contributed by atoms with E-state index in [9.17, 15) is 4.79 Å². The molecule has 6 heteroatoms. The normalized spacial score (nSPS) is 15.0. The second-order valence-electron chi connectivity index (χ2n) is 8.41. The van der Waals surface area contributed by atoms with Gasteiger partial charge in [0.15, 0.2) is 0 Å². The first-order valence-electron chi connectivity index (χ1n) is 11.0. The van der Waals surface area contributed by atoms with Crippen molar-refractivity contribution in [2.45, 2.75) is 26.2 Å². The molecule has 0 radical (unpaired) electrons. The minimum absolute atomic E-state index is 0.114. The molecule has 1 unspecified atom stereocenters. The number of amides is 1. The van der Waals surface area contributed by atoms with Crippen LogP contribution in [0.25, 0.3) is 11.3 Å².